The average molecular weight is 282 g/mol. The highest BCUT2D eigenvalue weighted by Gasteiger charge is 2.31. The smallest absolute Gasteiger partial charge is 0.239 e. The lowest BCUT2D eigenvalue weighted by Gasteiger charge is -2.35. The first kappa shape index (κ1) is 15.4. The van der Waals surface area contributed by atoms with E-state index in [4.69, 9.17) is 4.74 Å². The third-order valence-corrected chi connectivity index (χ3v) is 4.29. The monoisotopic (exact) mass is 282 g/mol. The number of rotatable bonds is 6. The predicted octanol–water partition coefficient (Wildman–Crippen LogP) is 0.973. The van der Waals surface area contributed by atoms with E-state index >= 15 is 0 Å². The Kier molecular flexibility index (Phi) is 5.98. The number of ketones is 1. The van der Waals surface area contributed by atoms with Crippen LogP contribution in [0.15, 0.2) is 0 Å². The first-order chi connectivity index (χ1) is 9.72. The van der Waals surface area contributed by atoms with Crippen LogP contribution in [0.2, 0.25) is 0 Å². The molecule has 0 spiro atoms. The molecule has 5 nitrogen and oxygen atoms in total. The Morgan fingerprint density at radius 3 is 3.05 bits per heavy atom. The molecule has 0 aromatic rings. The number of hydrogen-bond acceptors (Lipinski definition) is 4. The molecule has 20 heavy (non-hydrogen) atoms. The summed E-state index contributed by atoms with van der Waals surface area (Å²) in [7, 11) is 0. The van der Waals surface area contributed by atoms with Crippen molar-refractivity contribution in [2.75, 3.05) is 32.8 Å². The minimum absolute atomic E-state index is 0.0595. The molecule has 0 radical (unpaired) electrons. The molecule has 1 aliphatic carbocycles. The highest BCUT2D eigenvalue weighted by atomic mass is 16.5. The van der Waals surface area contributed by atoms with Crippen molar-refractivity contribution in [3.8, 4) is 0 Å². The molecule has 114 valence electrons. The topological polar surface area (TPSA) is 58.6 Å². The van der Waals surface area contributed by atoms with Gasteiger partial charge in [-0.1, -0.05) is 6.92 Å². The molecule has 2 rings (SSSR count). The van der Waals surface area contributed by atoms with E-state index in [1.807, 2.05) is 6.92 Å². The van der Waals surface area contributed by atoms with Crippen LogP contribution < -0.4 is 5.32 Å². The van der Waals surface area contributed by atoms with Gasteiger partial charge >= 0.3 is 0 Å². The van der Waals surface area contributed by atoms with Gasteiger partial charge in [0, 0.05) is 25.4 Å². The quantitative estimate of drug-likeness (QED) is 0.789. The maximum absolute atomic E-state index is 12.1. The molecular formula is C15H26N2O3. The Morgan fingerprint density at radius 1 is 1.50 bits per heavy atom. The van der Waals surface area contributed by atoms with Gasteiger partial charge in [-0.25, -0.2) is 0 Å². The molecule has 1 N–H and O–H groups in total. The first-order valence-electron chi connectivity index (χ1n) is 7.84. The van der Waals surface area contributed by atoms with Crippen molar-refractivity contribution in [1.82, 2.24) is 10.2 Å². The van der Waals surface area contributed by atoms with Crippen molar-refractivity contribution in [3.63, 3.8) is 0 Å². The predicted molar refractivity (Wildman–Crippen MR) is 76.4 cm³/mol. The molecule has 0 aromatic heterocycles. The van der Waals surface area contributed by atoms with Crippen LogP contribution in [0.3, 0.4) is 0 Å². The van der Waals surface area contributed by atoms with Gasteiger partial charge in [0.15, 0.2) is 0 Å². The lowest BCUT2D eigenvalue weighted by atomic mass is 10.0. The first-order valence-corrected chi connectivity index (χ1v) is 7.84. The van der Waals surface area contributed by atoms with Crippen LogP contribution >= 0.6 is 0 Å². The Labute approximate surface area is 121 Å². The molecule has 2 fully saturated rings. The van der Waals surface area contributed by atoms with Gasteiger partial charge in [0.05, 0.1) is 13.2 Å². The largest absolute Gasteiger partial charge is 0.378 e. The number of nitrogens with zero attached hydrogens (tertiary/aromatic N) is 1. The number of Topliss-reactive ketones (excluding diaryl/α,β-unsaturated/α-hetero) is 1. The Morgan fingerprint density at radius 2 is 2.35 bits per heavy atom. The third-order valence-electron chi connectivity index (χ3n) is 4.29. The van der Waals surface area contributed by atoms with Gasteiger partial charge < -0.3 is 10.1 Å². The molecule has 1 saturated heterocycles. The van der Waals surface area contributed by atoms with Gasteiger partial charge in [-0.3, -0.25) is 14.5 Å². The van der Waals surface area contributed by atoms with Gasteiger partial charge in [-0.15, -0.1) is 0 Å². The number of amides is 1. The number of ether oxygens (including phenoxy) is 1. The van der Waals surface area contributed by atoms with E-state index in [9.17, 15) is 9.59 Å². The number of nitrogens with one attached hydrogen (secondary N) is 1. The Hall–Kier alpha value is -0.940. The van der Waals surface area contributed by atoms with Gasteiger partial charge in [0.2, 0.25) is 5.91 Å². The molecule has 5 heteroatoms. The summed E-state index contributed by atoms with van der Waals surface area (Å²) in [5.41, 5.74) is 0. The van der Waals surface area contributed by atoms with Crippen molar-refractivity contribution in [1.29, 1.82) is 0 Å². The van der Waals surface area contributed by atoms with Crippen LogP contribution in [-0.2, 0) is 14.3 Å². The summed E-state index contributed by atoms with van der Waals surface area (Å²) in [6, 6.07) is -0.188. The molecule has 1 aliphatic heterocycles. The highest BCUT2D eigenvalue weighted by molar-refractivity contribution is 5.83. The summed E-state index contributed by atoms with van der Waals surface area (Å²) in [5, 5.41) is 2.94. The minimum atomic E-state index is -0.188. The lowest BCUT2D eigenvalue weighted by molar-refractivity contribution is -0.132. The minimum Gasteiger partial charge on any atom is -0.378 e. The Balaban J connectivity index is 1.83. The average Bonchev–Trinajstić information content (AvgIpc) is 2.88. The summed E-state index contributed by atoms with van der Waals surface area (Å²) in [4.78, 5) is 26.0. The summed E-state index contributed by atoms with van der Waals surface area (Å²) in [5.74, 6) is 0.687. The van der Waals surface area contributed by atoms with E-state index in [1.54, 1.807) is 0 Å². The highest BCUT2D eigenvalue weighted by Crippen LogP contribution is 2.25. The molecule has 2 unspecified atom stereocenters. The summed E-state index contributed by atoms with van der Waals surface area (Å²) in [6.45, 7) is 5.50. The molecule has 1 amide bonds. The number of carbonyl (C=O) groups is 2. The normalized spacial score (nSPS) is 27.8. The lowest BCUT2D eigenvalue weighted by Crippen LogP contribution is -2.54. The third kappa shape index (κ3) is 4.03. The molecule has 1 heterocycles. The summed E-state index contributed by atoms with van der Waals surface area (Å²) >= 11 is 0. The van der Waals surface area contributed by atoms with Gasteiger partial charge in [0.1, 0.15) is 11.8 Å². The van der Waals surface area contributed by atoms with E-state index in [1.165, 1.54) is 0 Å². The molecule has 2 aliphatic rings. The fourth-order valence-electron chi connectivity index (χ4n) is 3.03. The van der Waals surface area contributed by atoms with Crippen molar-refractivity contribution >= 4 is 11.7 Å². The van der Waals surface area contributed by atoms with Crippen molar-refractivity contribution in [3.05, 3.63) is 0 Å². The van der Waals surface area contributed by atoms with Gasteiger partial charge in [-0.2, -0.15) is 0 Å². The maximum atomic E-state index is 12.1. The van der Waals surface area contributed by atoms with Gasteiger partial charge in [-0.05, 0) is 32.2 Å². The van der Waals surface area contributed by atoms with Crippen LogP contribution in [0.25, 0.3) is 0 Å². The fraction of sp³-hybridized carbons (Fsp3) is 0.867. The van der Waals surface area contributed by atoms with E-state index in [0.717, 1.165) is 45.2 Å². The zero-order valence-electron chi connectivity index (χ0n) is 12.4. The number of hydrogen-bond donors (Lipinski definition) is 1. The van der Waals surface area contributed by atoms with E-state index in [-0.39, 0.29) is 17.9 Å². The second kappa shape index (κ2) is 7.74. The van der Waals surface area contributed by atoms with Crippen molar-refractivity contribution in [2.24, 2.45) is 5.92 Å². The Bertz CT molecular complexity index is 346. The fourth-order valence-corrected chi connectivity index (χ4v) is 3.03. The zero-order valence-corrected chi connectivity index (χ0v) is 12.4. The summed E-state index contributed by atoms with van der Waals surface area (Å²) in [6.07, 6.45) is 4.63. The second-order valence-corrected chi connectivity index (χ2v) is 5.76. The number of carbonyl (C=O) groups excluding carboxylic acids is 2. The van der Waals surface area contributed by atoms with E-state index in [0.29, 0.717) is 25.5 Å². The number of morpholine rings is 1. The molecule has 0 aromatic carbocycles. The van der Waals surface area contributed by atoms with Crippen LogP contribution in [0.1, 0.15) is 39.0 Å². The summed E-state index contributed by atoms with van der Waals surface area (Å²) < 4.78 is 5.44. The second-order valence-electron chi connectivity index (χ2n) is 5.76. The van der Waals surface area contributed by atoms with Crippen LogP contribution in [0, 0.1) is 5.92 Å². The van der Waals surface area contributed by atoms with Crippen LogP contribution in [-0.4, -0.2) is 55.5 Å². The van der Waals surface area contributed by atoms with Crippen LogP contribution in [0.4, 0.5) is 0 Å². The molecule has 1 saturated carbocycles. The van der Waals surface area contributed by atoms with Crippen molar-refractivity contribution in [2.45, 2.75) is 45.1 Å². The standard InChI is InChI=1S/C15H26N2O3/c1-2-7-16-15(19)13-11-20-10-9-17(13)8-6-12-4-3-5-14(12)18/h12-13H,2-11H2,1H3,(H,16,19). The SMILES string of the molecule is CCCNC(=O)C1COCCN1CCC1CCCC1=O. The molecule has 2 atom stereocenters. The molecule has 0 bridgehead atoms. The molecular weight excluding hydrogens is 256 g/mol. The maximum Gasteiger partial charge on any atom is 0.239 e. The van der Waals surface area contributed by atoms with E-state index in [2.05, 4.69) is 10.2 Å². The van der Waals surface area contributed by atoms with Crippen molar-refractivity contribution < 1.29 is 14.3 Å². The van der Waals surface area contributed by atoms with E-state index < -0.39 is 0 Å². The van der Waals surface area contributed by atoms with Gasteiger partial charge in [0.25, 0.3) is 0 Å². The zero-order chi connectivity index (χ0) is 14.4. The van der Waals surface area contributed by atoms with Crippen LogP contribution in [0.5, 0.6) is 0 Å².